The van der Waals surface area contributed by atoms with Crippen LogP contribution in [0.5, 0.6) is 0 Å². The van der Waals surface area contributed by atoms with Crippen LogP contribution in [0.15, 0.2) is 24.3 Å². The highest BCUT2D eigenvalue weighted by atomic mass is 35.5. The molecule has 100 valence electrons. The van der Waals surface area contributed by atoms with Crippen LogP contribution < -0.4 is 11.3 Å². The molecule has 0 saturated heterocycles. The van der Waals surface area contributed by atoms with Gasteiger partial charge < -0.3 is 0 Å². The monoisotopic (exact) mass is 266 g/mol. The summed E-state index contributed by atoms with van der Waals surface area (Å²) in [4.78, 5) is 0. The molecule has 0 spiro atoms. The Labute approximate surface area is 115 Å². The Morgan fingerprint density at radius 3 is 2.17 bits per heavy atom. The minimum absolute atomic E-state index is 0.243. The van der Waals surface area contributed by atoms with Crippen molar-refractivity contribution in [1.82, 2.24) is 5.43 Å². The maximum Gasteiger partial charge on any atom is 0.0488 e. The van der Waals surface area contributed by atoms with Crippen LogP contribution in [0.3, 0.4) is 0 Å². The van der Waals surface area contributed by atoms with Crippen LogP contribution in [0.25, 0.3) is 0 Å². The van der Waals surface area contributed by atoms with Crippen molar-refractivity contribution in [3.63, 3.8) is 0 Å². The van der Waals surface area contributed by atoms with E-state index in [1.54, 1.807) is 0 Å². The summed E-state index contributed by atoms with van der Waals surface area (Å²) in [5.41, 5.74) is 4.25. The molecule has 1 aromatic rings. The maximum absolute atomic E-state index is 5.94. The molecular formula is C15H23ClN2. The van der Waals surface area contributed by atoms with Gasteiger partial charge in [-0.15, -0.1) is 0 Å². The van der Waals surface area contributed by atoms with Gasteiger partial charge in [0.2, 0.25) is 0 Å². The van der Waals surface area contributed by atoms with Crippen LogP contribution in [-0.2, 0) is 0 Å². The van der Waals surface area contributed by atoms with E-state index < -0.39 is 0 Å². The van der Waals surface area contributed by atoms with E-state index in [-0.39, 0.29) is 6.04 Å². The van der Waals surface area contributed by atoms with Crippen molar-refractivity contribution >= 4 is 11.6 Å². The lowest BCUT2D eigenvalue weighted by atomic mass is 9.72. The molecule has 1 aromatic carbocycles. The van der Waals surface area contributed by atoms with Gasteiger partial charge in [0.15, 0.2) is 0 Å². The highest BCUT2D eigenvalue weighted by Gasteiger charge is 2.30. The highest BCUT2D eigenvalue weighted by molar-refractivity contribution is 6.30. The van der Waals surface area contributed by atoms with Gasteiger partial charge in [-0.2, -0.15) is 0 Å². The normalized spacial score (nSPS) is 30.1. The average Bonchev–Trinajstić information content (AvgIpc) is 2.31. The van der Waals surface area contributed by atoms with Crippen LogP contribution in [0.1, 0.15) is 44.7 Å². The van der Waals surface area contributed by atoms with E-state index in [9.17, 15) is 0 Å². The second-order valence-electron chi connectivity index (χ2n) is 5.87. The summed E-state index contributed by atoms with van der Waals surface area (Å²) in [5.74, 6) is 7.99. The third kappa shape index (κ3) is 3.25. The SMILES string of the molecule is CC1CC(C)CC(C(NN)c2ccc(Cl)cc2)C1. The van der Waals surface area contributed by atoms with Crippen LogP contribution in [0.2, 0.25) is 5.02 Å². The first-order valence-electron chi connectivity index (χ1n) is 6.81. The molecule has 3 unspecified atom stereocenters. The molecule has 3 atom stereocenters. The molecule has 0 aliphatic heterocycles. The minimum Gasteiger partial charge on any atom is -0.271 e. The molecule has 1 aliphatic carbocycles. The average molecular weight is 267 g/mol. The largest absolute Gasteiger partial charge is 0.271 e. The van der Waals surface area contributed by atoms with E-state index in [2.05, 4.69) is 31.4 Å². The van der Waals surface area contributed by atoms with Crippen molar-refractivity contribution in [2.75, 3.05) is 0 Å². The number of nitrogens with one attached hydrogen (secondary N) is 1. The molecule has 0 amide bonds. The van der Waals surface area contributed by atoms with Gasteiger partial charge in [-0.25, -0.2) is 0 Å². The summed E-state index contributed by atoms with van der Waals surface area (Å²) in [6, 6.07) is 8.29. The standard InChI is InChI=1S/C15H23ClN2/c1-10-7-11(2)9-13(8-10)15(18-17)12-3-5-14(16)6-4-12/h3-6,10-11,13,15,18H,7-9,17H2,1-2H3. The first kappa shape index (κ1) is 13.9. The molecule has 2 rings (SSSR count). The Balaban J connectivity index is 2.14. The van der Waals surface area contributed by atoms with Gasteiger partial charge in [0.25, 0.3) is 0 Å². The second-order valence-corrected chi connectivity index (χ2v) is 6.31. The summed E-state index contributed by atoms with van der Waals surface area (Å²) in [6.45, 7) is 4.69. The Morgan fingerprint density at radius 2 is 1.67 bits per heavy atom. The molecule has 1 saturated carbocycles. The number of halogens is 1. The third-order valence-corrected chi connectivity index (χ3v) is 4.35. The summed E-state index contributed by atoms with van der Waals surface area (Å²) in [7, 11) is 0. The van der Waals surface area contributed by atoms with Crippen molar-refractivity contribution in [3.05, 3.63) is 34.9 Å². The van der Waals surface area contributed by atoms with E-state index in [1.165, 1.54) is 24.8 Å². The predicted molar refractivity (Wildman–Crippen MR) is 77.2 cm³/mol. The van der Waals surface area contributed by atoms with Gasteiger partial charge in [-0.3, -0.25) is 11.3 Å². The number of rotatable bonds is 3. The lowest BCUT2D eigenvalue weighted by Crippen LogP contribution is -2.37. The number of nitrogens with two attached hydrogens (primary N) is 1. The molecule has 18 heavy (non-hydrogen) atoms. The minimum atomic E-state index is 0.243. The fourth-order valence-corrected chi connectivity index (χ4v) is 3.58. The summed E-state index contributed by atoms with van der Waals surface area (Å²) in [6.07, 6.45) is 3.85. The Hall–Kier alpha value is -0.570. The highest BCUT2D eigenvalue weighted by Crippen LogP contribution is 2.39. The molecule has 3 N–H and O–H groups in total. The Bertz CT molecular complexity index is 367. The molecule has 2 nitrogen and oxygen atoms in total. The van der Waals surface area contributed by atoms with Crippen molar-refractivity contribution in [3.8, 4) is 0 Å². The summed E-state index contributed by atoms with van der Waals surface area (Å²) in [5, 5.41) is 0.778. The number of hydrazine groups is 1. The van der Waals surface area contributed by atoms with Gasteiger partial charge in [-0.05, 0) is 54.7 Å². The second kappa shape index (κ2) is 6.05. The van der Waals surface area contributed by atoms with Gasteiger partial charge in [0.05, 0.1) is 0 Å². The summed E-state index contributed by atoms with van der Waals surface area (Å²) >= 11 is 5.94. The molecule has 1 aliphatic rings. The first-order valence-corrected chi connectivity index (χ1v) is 7.19. The molecule has 1 fully saturated rings. The smallest absolute Gasteiger partial charge is 0.0488 e. The van der Waals surface area contributed by atoms with E-state index in [0.717, 1.165) is 16.9 Å². The number of hydrogen-bond acceptors (Lipinski definition) is 2. The van der Waals surface area contributed by atoms with Crippen molar-refractivity contribution in [2.24, 2.45) is 23.6 Å². The van der Waals surface area contributed by atoms with Crippen LogP contribution in [-0.4, -0.2) is 0 Å². The summed E-state index contributed by atoms with van der Waals surface area (Å²) < 4.78 is 0. The van der Waals surface area contributed by atoms with Gasteiger partial charge in [0.1, 0.15) is 0 Å². The van der Waals surface area contributed by atoms with E-state index >= 15 is 0 Å². The first-order chi connectivity index (χ1) is 8.60. The van der Waals surface area contributed by atoms with E-state index in [4.69, 9.17) is 17.4 Å². The zero-order valence-corrected chi connectivity index (χ0v) is 12.0. The zero-order valence-electron chi connectivity index (χ0n) is 11.2. The topological polar surface area (TPSA) is 38.0 Å². The number of benzene rings is 1. The fourth-order valence-electron chi connectivity index (χ4n) is 3.46. The maximum atomic E-state index is 5.94. The van der Waals surface area contributed by atoms with Crippen molar-refractivity contribution in [1.29, 1.82) is 0 Å². The van der Waals surface area contributed by atoms with E-state index in [0.29, 0.717) is 5.92 Å². The van der Waals surface area contributed by atoms with Crippen LogP contribution in [0, 0.1) is 17.8 Å². The van der Waals surface area contributed by atoms with Crippen LogP contribution in [0.4, 0.5) is 0 Å². The third-order valence-electron chi connectivity index (χ3n) is 4.10. The van der Waals surface area contributed by atoms with E-state index in [1.807, 2.05) is 12.1 Å². The molecular weight excluding hydrogens is 244 g/mol. The molecule has 0 bridgehead atoms. The lowest BCUT2D eigenvalue weighted by Gasteiger charge is -2.36. The molecule has 0 heterocycles. The van der Waals surface area contributed by atoms with Crippen molar-refractivity contribution < 1.29 is 0 Å². The van der Waals surface area contributed by atoms with Crippen molar-refractivity contribution in [2.45, 2.75) is 39.2 Å². The van der Waals surface area contributed by atoms with Crippen LogP contribution >= 0.6 is 11.6 Å². The Kier molecular flexibility index (Phi) is 4.66. The van der Waals surface area contributed by atoms with Gasteiger partial charge >= 0.3 is 0 Å². The van der Waals surface area contributed by atoms with Gasteiger partial charge in [0, 0.05) is 11.1 Å². The number of hydrogen-bond donors (Lipinski definition) is 2. The molecule has 3 heteroatoms. The van der Waals surface area contributed by atoms with Gasteiger partial charge in [-0.1, -0.05) is 37.6 Å². The molecule has 0 radical (unpaired) electrons. The lowest BCUT2D eigenvalue weighted by molar-refractivity contribution is 0.177. The zero-order chi connectivity index (χ0) is 13.1. The quantitative estimate of drug-likeness (QED) is 0.643. The predicted octanol–water partition coefficient (Wildman–Crippen LogP) is 3.92. The molecule has 0 aromatic heterocycles. The Morgan fingerprint density at radius 1 is 1.11 bits per heavy atom. The fraction of sp³-hybridized carbons (Fsp3) is 0.600.